The van der Waals surface area contributed by atoms with E-state index >= 15 is 0 Å². The molecule has 8 heteroatoms. The van der Waals surface area contributed by atoms with Gasteiger partial charge in [-0.2, -0.15) is 0 Å². The minimum absolute atomic E-state index is 0.0264. The maximum atomic E-state index is 12.6. The molecule has 0 bridgehead atoms. The van der Waals surface area contributed by atoms with Crippen molar-refractivity contribution in [3.63, 3.8) is 0 Å². The van der Waals surface area contributed by atoms with Gasteiger partial charge in [-0.25, -0.2) is 13.2 Å². The highest BCUT2D eigenvalue weighted by Gasteiger charge is 2.34. The molecule has 3 rings (SSSR count). The van der Waals surface area contributed by atoms with Crippen LogP contribution in [0.1, 0.15) is 28.8 Å². The lowest BCUT2D eigenvalue weighted by Crippen LogP contribution is -2.40. The van der Waals surface area contributed by atoms with Crippen LogP contribution in [0.15, 0.2) is 53.4 Å². The van der Waals surface area contributed by atoms with Crippen LogP contribution in [0.3, 0.4) is 0 Å². The average Bonchev–Trinajstić information content (AvgIpc) is 3.13. The van der Waals surface area contributed by atoms with E-state index in [9.17, 15) is 23.1 Å². The summed E-state index contributed by atoms with van der Waals surface area (Å²) in [6.07, 6.45) is 1.06. The third-order valence-electron chi connectivity index (χ3n) is 4.60. The molecule has 142 valence electrons. The number of sulfonamides is 1. The molecule has 27 heavy (non-hydrogen) atoms. The molecule has 2 aromatic rings. The lowest BCUT2D eigenvalue weighted by Gasteiger charge is -2.21. The van der Waals surface area contributed by atoms with Gasteiger partial charge >= 0.3 is 5.97 Å². The quantitative estimate of drug-likeness (QED) is 0.819. The highest BCUT2D eigenvalue weighted by Crippen LogP contribution is 2.23. The van der Waals surface area contributed by atoms with Gasteiger partial charge < -0.3 is 10.0 Å². The zero-order valence-corrected chi connectivity index (χ0v) is 15.6. The normalized spacial score (nSPS) is 16.9. The van der Waals surface area contributed by atoms with Crippen LogP contribution >= 0.6 is 0 Å². The van der Waals surface area contributed by atoms with Gasteiger partial charge in [0.05, 0.1) is 10.6 Å². The van der Waals surface area contributed by atoms with Crippen molar-refractivity contribution in [1.82, 2.24) is 4.90 Å². The summed E-state index contributed by atoms with van der Waals surface area (Å²) in [5, 5.41) is 9.21. The van der Waals surface area contributed by atoms with Crippen molar-refractivity contribution in [2.45, 2.75) is 30.7 Å². The Labute approximate surface area is 157 Å². The Morgan fingerprint density at radius 2 is 1.78 bits per heavy atom. The number of hydrogen-bond acceptors (Lipinski definition) is 4. The second-order valence-electron chi connectivity index (χ2n) is 6.44. The maximum absolute atomic E-state index is 12.6. The second-order valence-corrected chi connectivity index (χ2v) is 8.12. The van der Waals surface area contributed by atoms with Crippen molar-refractivity contribution in [1.29, 1.82) is 0 Å². The Morgan fingerprint density at radius 3 is 2.41 bits per heavy atom. The molecule has 1 atom stereocenters. The molecule has 0 spiro atoms. The lowest BCUT2D eigenvalue weighted by atomic mass is 10.1. The number of para-hydroxylation sites is 1. The lowest BCUT2D eigenvalue weighted by molar-refractivity contribution is -0.141. The van der Waals surface area contributed by atoms with Gasteiger partial charge in [0.1, 0.15) is 6.04 Å². The Balaban J connectivity index is 1.79. The molecular weight excluding hydrogens is 368 g/mol. The Bertz CT molecular complexity index is 970. The number of carbonyl (C=O) groups excluding carboxylic acids is 1. The number of carbonyl (C=O) groups is 2. The van der Waals surface area contributed by atoms with Gasteiger partial charge in [0, 0.05) is 12.1 Å². The van der Waals surface area contributed by atoms with Gasteiger partial charge in [0.15, 0.2) is 0 Å². The van der Waals surface area contributed by atoms with Crippen LogP contribution in [0.25, 0.3) is 0 Å². The van der Waals surface area contributed by atoms with E-state index in [4.69, 9.17) is 0 Å². The number of hydrogen-bond donors (Lipinski definition) is 2. The first kappa shape index (κ1) is 18.9. The molecule has 1 aliphatic heterocycles. The molecule has 2 N–H and O–H groups in total. The minimum atomic E-state index is -3.79. The molecule has 1 amide bonds. The van der Waals surface area contributed by atoms with E-state index in [0.717, 1.165) is 5.56 Å². The Kier molecular flexibility index (Phi) is 5.18. The third kappa shape index (κ3) is 3.95. The van der Waals surface area contributed by atoms with E-state index in [-0.39, 0.29) is 10.5 Å². The summed E-state index contributed by atoms with van der Waals surface area (Å²) in [5.74, 6) is -1.43. The number of nitrogens with zero attached hydrogens (tertiary/aromatic N) is 1. The number of benzene rings is 2. The van der Waals surface area contributed by atoms with Gasteiger partial charge in [-0.15, -0.1) is 0 Å². The van der Waals surface area contributed by atoms with Gasteiger partial charge in [0.2, 0.25) is 0 Å². The highest BCUT2D eigenvalue weighted by atomic mass is 32.2. The molecular formula is C19H20N2O5S. The SMILES string of the molecule is Cc1ccccc1NS(=O)(=O)c1ccc(C(=O)N2CCCC2C(=O)O)cc1. The van der Waals surface area contributed by atoms with Crippen LogP contribution < -0.4 is 4.72 Å². The zero-order chi connectivity index (χ0) is 19.6. The standard InChI is InChI=1S/C19H20N2O5S/c1-13-5-2-3-6-16(13)20-27(25,26)15-10-8-14(9-11-15)18(22)21-12-4-7-17(21)19(23)24/h2-3,5-6,8-11,17,20H,4,7,12H2,1H3,(H,23,24). The fourth-order valence-electron chi connectivity index (χ4n) is 3.10. The fourth-order valence-corrected chi connectivity index (χ4v) is 4.23. The predicted octanol–water partition coefficient (Wildman–Crippen LogP) is 2.49. The number of likely N-dealkylation sites (tertiary alicyclic amines) is 1. The van der Waals surface area contributed by atoms with Gasteiger partial charge in [0.25, 0.3) is 15.9 Å². The Morgan fingerprint density at radius 1 is 1.11 bits per heavy atom. The molecule has 1 heterocycles. The summed E-state index contributed by atoms with van der Waals surface area (Å²) < 4.78 is 27.6. The van der Waals surface area contributed by atoms with E-state index < -0.39 is 27.9 Å². The van der Waals surface area contributed by atoms with Crippen molar-refractivity contribution in [2.24, 2.45) is 0 Å². The highest BCUT2D eigenvalue weighted by molar-refractivity contribution is 7.92. The van der Waals surface area contributed by atoms with Crippen molar-refractivity contribution >= 4 is 27.6 Å². The van der Waals surface area contributed by atoms with E-state index in [1.54, 1.807) is 25.1 Å². The largest absolute Gasteiger partial charge is 0.480 e. The summed E-state index contributed by atoms with van der Waals surface area (Å²) in [6, 6.07) is 11.7. The van der Waals surface area contributed by atoms with E-state index in [1.807, 2.05) is 6.07 Å². The molecule has 0 aromatic heterocycles. The molecule has 0 saturated carbocycles. The summed E-state index contributed by atoms with van der Waals surface area (Å²) in [6.45, 7) is 2.18. The first-order valence-corrected chi connectivity index (χ1v) is 10.0. The molecule has 1 saturated heterocycles. The number of rotatable bonds is 5. The molecule has 0 aliphatic carbocycles. The van der Waals surface area contributed by atoms with Crippen LogP contribution in [-0.2, 0) is 14.8 Å². The van der Waals surface area contributed by atoms with Crippen LogP contribution in [0.2, 0.25) is 0 Å². The molecule has 0 radical (unpaired) electrons. The van der Waals surface area contributed by atoms with Crippen LogP contribution in [-0.4, -0.2) is 42.9 Å². The smallest absolute Gasteiger partial charge is 0.326 e. The van der Waals surface area contributed by atoms with Crippen LogP contribution in [0.5, 0.6) is 0 Å². The number of aliphatic carboxylic acids is 1. The Hall–Kier alpha value is -2.87. The number of carboxylic acid groups (broad SMARTS) is 1. The molecule has 1 fully saturated rings. The second kappa shape index (κ2) is 7.40. The zero-order valence-electron chi connectivity index (χ0n) is 14.8. The maximum Gasteiger partial charge on any atom is 0.326 e. The number of carboxylic acids is 1. The predicted molar refractivity (Wildman–Crippen MR) is 100 cm³/mol. The van der Waals surface area contributed by atoms with E-state index in [1.165, 1.54) is 29.2 Å². The third-order valence-corrected chi connectivity index (χ3v) is 5.98. The molecule has 1 unspecified atom stereocenters. The van der Waals surface area contributed by atoms with Gasteiger partial charge in [-0.1, -0.05) is 18.2 Å². The minimum Gasteiger partial charge on any atom is -0.480 e. The number of aryl methyl sites for hydroxylation is 1. The number of amides is 1. The van der Waals surface area contributed by atoms with Gasteiger partial charge in [-0.3, -0.25) is 9.52 Å². The number of anilines is 1. The number of nitrogens with one attached hydrogen (secondary N) is 1. The van der Waals surface area contributed by atoms with E-state index in [0.29, 0.717) is 25.1 Å². The van der Waals surface area contributed by atoms with Crippen LogP contribution in [0.4, 0.5) is 5.69 Å². The summed E-state index contributed by atoms with van der Waals surface area (Å²) >= 11 is 0. The molecule has 2 aromatic carbocycles. The van der Waals surface area contributed by atoms with E-state index in [2.05, 4.69) is 4.72 Å². The van der Waals surface area contributed by atoms with Crippen LogP contribution in [0, 0.1) is 6.92 Å². The fraction of sp³-hybridized carbons (Fsp3) is 0.263. The van der Waals surface area contributed by atoms with Crippen molar-refractivity contribution in [3.05, 3.63) is 59.7 Å². The summed E-state index contributed by atoms with van der Waals surface area (Å²) in [4.78, 5) is 25.2. The molecule has 7 nitrogen and oxygen atoms in total. The monoisotopic (exact) mass is 388 g/mol. The first-order valence-electron chi connectivity index (χ1n) is 8.52. The van der Waals surface area contributed by atoms with Gasteiger partial charge in [-0.05, 0) is 55.7 Å². The first-order chi connectivity index (χ1) is 12.8. The molecule has 1 aliphatic rings. The summed E-state index contributed by atoms with van der Waals surface area (Å²) in [5.41, 5.74) is 1.54. The van der Waals surface area contributed by atoms with Crippen molar-refractivity contribution in [3.8, 4) is 0 Å². The summed E-state index contributed by atoms with van der Waals surface area (Å²) in [7, 11) is -3.79. The average molecular weight is 388 g/mol. The van der Waals surface area contributed by atoms with Crippen molar-refractivity contribution in [2.75, 3.05) is 11.3 Å². The topological polar surface area (TPSA) is 104 Å². The van der Waals surface area contributed by atoms with Crippen molar-refractivity contribution < 1.29 is 23.1 Å².